The van der Waals surface area contributed by atoms with Gasteiger partial charge in [0.25, 0.3) is 0 Å². The second-order valence-corrected chi connectivity index (χ2v) is 10.3. The van der Waals surface area contributed by atoms with Crippen LogP contribution in [0.3, 0.4) is 0 Å². The van der Waals surface area contributed by atoms with Crippen molar-refractivity contribution in [2.45, 2.75) is 25.7 Å². The third-order valence-electron chi connectivity index (χ3n) is 8.26. The van der Waals surface area contributed by atoms with Crippen molar-refractivity contribution in [1.82, 2.24) is 9.13 Å². The fourth-order valence-corrected chi connectivity index (χ4v) is 6.69. The van der Waals surface area contributed by atoms with Crippen LogP contribution in [0.15, 0.2) is 109 Å². The fourth-order valence-electron chi connectivity index (χ4n) is 6.69. The van der Waals surface area contributed by atoms with Gasteiger partial charge in [-0.3, -0.25) is 0 Å². The summed E-state index contributed by atoms with van der Waals surface area (Å²) in [6.45, 7) is 0. The van der Waals surface area contributed by atoms with Crippen LogP contribution < -0.4 is 0 Å². The quantitative estimate of drug-likeness (QED) is 0.235. The van der Waals surface area contributed by atoms with Crippen molar-refractivity contribution >= 4 is 34.0 Å². The molecular weight excluding hydrogens is 460 g/mol. The number of hydrogen-bond acceptors (Lipinski definition) is 0. The molecular formula is C36H28N2. The van der Waals surface area contributed by atoms with Crippen molar-refractivity contribution < 1.29 is 0 Å². The van der Waals surface area contributed by atoms with Gasteiger partial charge in [0.05, 0.1) is 22.4 Å². The van der Waals surface area contributed by atoms with Crippen molar-refractivity contribution in [1.29, 1.82) is 0 Å². The SMILES string of the molecule is C1=Cc2c(n(-c3cccc(-n4c5c(c6ccccc64)C=CCC5)c3-c3ccccc3)c3ccccc23)CC1. The molecule has 2 aromatic heterocycles. The number of benzene rings is 4. The van der Waals surface area contributed by atoms with Gasteiger partial charge >= 0.3 is 0 Å². The van der Waals surface area contributed by atoms with Crippen LogP contribution in [0, 0.1) is 0 Å². The molecule has 0 spiro atoms. The standard InChI is InChI=1S/C36H28N2/c1-2-13-25(14-3-1)36-34(37-30-19-8-4-15-26(30)27-16-5-9-20-31(27)37)23-12-24-35(36)38-32-21-10-6-17-28(32)29-18-7-11-22-33(29)38/h1-8,10,12-19,21,23-24H,9,11,20,22H2. The van der Waals surface area contributed by atoms with Crippen LogP contribution in [0.25, 0.3) is 56.5 Å². The number of hydrogen-bond donors (Lipinski definition) is 0. The molecule has 0 radical (unpaired) electrons. The zero-order chi connectivity index (χ0) is 25.1. The second-order valence-electron chi connectivity index (χ2n) is 10.3. The molecule has 0 amide bonds. The summed E-state index contributed by atoms with van der Waals surface area (Å²) in [7, 11) is 0. The van der Waals surface area contributed by atoms with E-state index in [2.05, 4.69) is 131 Å². The molecule has 0 saturated carbocycles. The summed E-state index contributed by atoms with van der Waals surface area (Å²) in [4.78, 5) is 0. The minimum Gasteiger partial charge on any atom is -0.312 e. The predicted molar refractivity (Wildman–Crippen MR) is 160 cm³/mol. The molecule has 0 aliphatic heterocycles. The highest BCUT2D eigenvalue weighted by molar-refractivity contribution is 5.97. The molecule has 0 N–H and O–H groups in total. The minimum absolute atomic E-state index is 1.05. The number of fused-ring (bicyclic) bond motifs is 6. The molecule has 2 heterocycles. The Morgan fingerprint density at radius 1 is 0.474 bits per heavy atom. The highest BCUT2D eigenvalue weighted by atomic mass is 15.0. The summed E-state index contributed by atoms with van der Waals surface area (Å²) in [5.41, 5.74) is 13.1. The van der Waals surface area contributed by atoms with E-state index in [1.54, 1.807) is 0 Å². The number of aromatic nitrogens is 2. The normalized spacial score (nSPS) is 14.2. The minimum atomic E-state index is 1.05. The summed E-state index contributed by atoms with van der Waals surface area (Å²) in [5.74, 6) is 0. The van der Waals surface area contributed by atoms with Crippen LogP contribution in [-0.2, 0) is 12.8 Å². The van der Waals surface area contributed by atoms with Crippen molar-refractivity contribution in [3.63, 3.8) is 0 Å². The summed E-state index contributed by atoms with van der Waals surface area (Å²) in [5, 5.41) is 2.66. The number of nitrogens with zero attached hydrogens (tertiary/aromatic N) is 2. The van der Waals surface area contributed by atoms with E-state index in [1.165, 1.54) is 66.8 Å². The fraction of sp³-hybridized carbons (Fsp3) is 0.111. The van der Waals surface area contributed by atoms with Crippen LogP contribution in [0.1, 0.15) is 35.4 Å². The largest absolute Gasteiger partial charge is 0.312 e. The summed E-state index contributed by atoms with van der Waals surface area (Å²) < 4.78 is 5.08. The third-order valence-corrected chi connectivity index (χ3v) is 8.26. The maximum Gasteiger partial charge on any atom is 0.0558 e. The highest BCUT2D eigenvalue weighted by Gasteiger charge is 2.25. The monoisotopic (exact) mass is 488 g/mol. The number of rotatable bonds is 3. The first kappa shape index (κ1) is 21.5. The summed E-state index contributed by atoms with van der Waals surface area (Å²) in [6, 6.07) is 35.6. The first-order chi connectivity index (χ1) is 18.9. The van der Waals surface area contributed by atoms with E-state index in [9.17, 15) is 0 Å². The number of allylic oxidation sites excluding steroid dienone is 2. The lowest BCUT2D eigenvalue weighted by molar-refractivity contribution is 0.878. The van der Waals surface area contributed by atoms with Crippen molar-refractivity contribution in [2.24, 2.45) is 0 Å². The zero-order valence-corrected chi connectivity index (χ0v) is 21.3. The molecule has 6 aromatic rings. The molecule has 0 unspecified atom stereocenters. The zero-order valence-electron chi connectivity index (χ0n) is 21.3. The highest BCUT2D eigenvalue weighted by Crippen LogP contribution is 2.42. The van der Waals surface area contributed by atoms with E-state index in [-0.39, 0.29) is 0 Å². The Bertz CT molecular complexity index is 1790. The molecule has 4 aromatic carbocycles. The average Bonchev–Trinajstić information content (AvgIpc) is 3.50. The van der Waals surface area contributed by atoms with E-state index < -0.39 is 0 Å². The van der Waals surface area contributed by atoms with Gasteiger partial charge in [-0.2, -0.15) is 0 Å². The second kappa shape index (κ2) is 8.49. The van der Waals surface area contributed by atoms with Gasteiger partial charge in [-0.1, -0.05) is 97.1 Å². The average molecular weight is 489 g/mol. The van der Waals surface area contributed by atoms with E-state index >= 15 is 0 Å². The molecule has 0 saturated heterocycles. The van der Waals surface area contributed by atoms with E-state index in [0.717, 1.165) is 25.7 Å². The lowest BCUT2D eigenvalue weighted by atomic mass is 9.99. The third kappa shape index (κ3) is 3.07. The van der Waals surface area contributed by atoms with Gasteiger partial charge in [0.15, 0.2) is 0 Å². The first-order valence-corrected chi connectivity index (χ1v) is 13.7. The molecule has 182 valence electrons. The van der Waals surface area contributed by atoms with Crippen LogP contribution in [0.4, 0.5) is 0 Å². The van der Waals surface area contributed by atoms with Gasteiger partial charge in [0, 0.05) is 38.9 Å². The van der Waals surface area contributed by atoms with Gasteiger partial charge in [-0.25, -0.2) is 0 Å². The van der Waals surface area contributed by atoms with Gasteiger partial charge in [0.2, 0.25) is 0 Å². The Kier molecular flexibility index (Phi) is 4.81. The van der Waals surface area contributed by atoms with Crippen LogP contribution >= 0.6 is 0 Å². The maximum absolute atomic E-state index is 2.54. The van der Waals surface area contributed by atoms with E-state index in [0.29, 0.717) is 0 Å². The Morgan fingerprint density at radius 2 is 0.974 bits per heavy atom. The van der Waals surface area contributed by atoms with E-state index in [4.69, 9.17) is 0 Å². The summed E-state index contributed by atoms with van der Waals surface area (Å²) >= 11 is 0. The summed E-state index contributed by atoms with van der Waals surface area (Å²) in [6.07, 6.45) is 13.5. The van der Waals surface area contributed by atoms with Gasteiger partial charge in [0.1, 0.15) is 0 Å². The van der Waals surface area contributed by atoms with Crippen LogP contribution in [-0.4, -0.2) is 9.13 Å². The molecule has 2 heteroatoms. The number of para-hydroxylation sites is 2. The molecule has 8 rings (SSSR count). The van der Waals surface area contributed by atoms with Crippen LogP contribution in [0.2, 0.25) is 0 Å². The lowest BCUT2D eigenvalue weighted by Gasteiger charge is -2.22. The molecule has 0 bridgehead atoms. The Labute approximate surface area is 222 Å². The van der Waals surface area contributed by atoms with Crippen molar-refractivity contribution in [3.05, 3.63) is 132 Å². The Balaban J connectivity index is 1.52. The van der Waals surface area contributed by atoms with E-state index in [1.807, 2.05) is 0 Å². The molecule has 38 heavy (non-hydrogen) atoms. The van der Waals surface area contributed by atoms with Crippen molar-refractivity contribution in [2.75, 3.05) is 0 Å². The molecule has 0 atom stereocenters. The van der Waals surface area contributed by atoms with Crippen LogP contribution in [0.5, 0.6) is 0 Å². The Hall–Kier alpha value is -4.56. The molecule has 2 aliphatic carbocycles. The topological polar surface area (TPSA) is 9.86 Å². The van der Waals surface area contributed by atoms with Gasteiger partial charge < -0.3 is 9.13 Å². The maximum atomic E-state index is 2.54. The lowest BCUT2D eigenvalue weighted by Crippen LogP contribution is -2.09. The first-order valence-electron chi connectivity index (χ1n) is 13.7. The molecule has 2 nitrogen and oxygen atoms in total. The van der Waals surface area contributed by atoms with Crippen molar-refractivity contribution in [3.8, 4) is 22.5 Å². The van der Waals surface area contributed by atoms with Gasteiger partial charge in [-0.05, 0) is 55.5 Å². The molecule has 0 fully saturated rings. The van der Waals surface area contributed by atoms with Gasteiger partial charge in [-0.15, -0.1) is 0 Å². The predicted octanol–water partition coefficient (Wildman–Crippen LogP) is 9.16. The molecule has 2 aliphatic rings. The smallest absolute Gasteiger partial charge is 0.0558 e. The Morgan fingerprint density at radius 3 is 1.53 bits per heavy atom.